The summed E-state index contributed by atoms with van der Waals surface area (Å²) in [6.45, 7) is 25.5. The molecule has 2 saturated carbocycles. The minimum Gasteiger partial charge on any atom is -0.332 e. The number of fused-ring (bicyclic) bond motifs is 2. The Balaban J connectivity index is 0.000000307. The van der Waals surface area contributed by atoms with E-state index < -0.39 is 16.5 Å². The number of nitrogens with zero attached hydrogens (tertiary/aromatic N) is 2. The van der Waals surface area contributed by atoms with Crippen LogP contribution in [0.25, 0.3) is 0 Å². The van der Waals surface area contributed by atoms with Gasteiger partial charge in [0.05, 0.1) is 0 Å². The zero-order valence-corrected chi connectivity index (χ0v) is 34.5. The smallest absolute Gasteiger partial charge is 0.332 e. The second kappa shape index (κ2) is 17.1. The van der Waals surface area contributed by atoms with E-state index >= 15 is 0 Å². The number of hydrogen-bond acceptors (Lipinski definition) is 4. The minimum atomic E-state index is -1.68. The Hall–Kier alpha value is 0.753. The molecule has 4 rings (SSSR count). The maximum absolute atomic E-state index is 3.91. The molecule has 45 heavy (non-hydrogen) atoms. The third-order valence-corrected chi connectivity index (χ3v) is 14.4. The summed E-state index contributed by atoms with van der Waals surface area (Å²) in [5.41, 5.74) is 3.40. The fraction of sp³-hybridized carbons (Fsp3) is 0.526. The van der Waals surface area contributed by atoms with Gasteiger partial charge in [-0.05, 0) is 131 Å². The monoisotopic (exact) mass is 804 g/mol. The molecule has 0 spiro atoms. The first-order chi connectivity index (χ1) is 20.2. The molecule has 0 saturated heterocycles. The average Bonchev–Trinajstić information content (AvgIpc) is 3.44. The molecule has 0 aromatic rings. The molecule has 4 aliphatic rings. The maximum Gasteiger partial charge on any atom is 2.00 e. The molecule has 0 unspecified atom stereocenters. The second-order valence-corrected chi connectivity index (χ2v) is 24.4. The van der Waals surface area contributed by atoms with Gasteiger partial charge in [0.2, 0.25) is 0 Å². The van der Waals surface area contributed by atoms with Gasteiger partial charge >= 0.3 is 46.9 Å². The summed E-state index contributed by atoms with van der Waals surface area (Å²) in [5.74, 6) is 8.77. The number of rotatable bonds is 10. The summed E-state index contributed by atoms with van der Waals surface area (Å²) in [4.78, 5) is 12.3. The Labute approximate surface area is 321 Å². The second-order valence-electron chi connectivity index (χ2n) is 16.4. The van der Waals surface area contributed by atoms with E-state index in [0.29, 0.717) is 0 Å². The molecule has 254 valence electrons. The third kappa shape index (κ3) is 12.5. The molecule has 7 heteroatoms. The van der Waals surface area contributed by atoms with E-state index in [1.54, 1.807) is 11.1 Å². The molecule has 0 aromatic carbocycles. The van der Waals surface area contributed by atoms with Gasteiger partial charge in [0, 0.05) is 34.7 Å². The zero-order chi connectivity index (χ0) is 33.1. The predicted octanol–water partition coefficient (Wildman–Crippen LogP) is 7.42. The van der Waals surface area contributed by atoms with E-state index in [2.05, 4.69) is 177 Å². The van der Waals surface area contributed by atoms with Crippen molar-refractivity contribution in [2.45, 2.75) is 91.6 Å². The summed E-state index contributed by atoms with van der Waals surface area (Å²) in [6, 6.07) is 0. The third-order valence-electron chi connectivity index (χ3n) is 8.14. The molecule has 2 N–H and O–H groups in total. The van der Waals surface area contributed by atoms with Crippen molar-refractivity contribution in [3.05, 3.63) is 108 Å². The molecule has 0 bridgehead atoms. The first-order valence-electron chi connectivity index (χ1n) is 16.4. The zero-order valence-electron chi connectivity index (χ0n) is 30.8. The van der Waals surface area contributed by atoms with Gasteiger partial charge in [0.25, 0.3) is 0 Å². The minimum absolute atomic E-state index is 0. The van der Waals surface area contributed by atoms with Crippen LogP contribution < -0.4 is 9.96 Å². The van der Waals surface area contributed by atoms with Gasteiger partial charge in [0.1, 0.15) is 16.5 Å². The van der Waals surface area contributed by atoms with Crippen LogP contribution >= 0.6 is 0 Å². The number of allylic oxidation sites excluding steroid dienone is 8. The Bertz CT molecular complexity index is 951. The molecule has 0 aliphatic heterocycles. The van der Waals surface area contributed by atoms with Crippen molar-refractivity contribution >= 4 is 16.5 Å². The van der Waals surface area contributed by atoms with Crippen molar-refractivity contribution in [3.63, 3.8) is 0 Å². The van der Waals surface area contributed by atoms with Crippen LogP contribution in [0.3, 0.4) is 0 Å². The summed E-state index contributed by atoms with van der Waals surface area (Å²) in [7, 11) is 5.22. The van der Waals surface area contributed by atoms with Gasteiger partial charge in [-0.3, -0.25) is 0 Å². The van der Waals surface area contributed by atoms with E-state index in [9.17, 15) is 0 Å². The van der Waals surface area contributed by atoms with Crippen molar-refractivity contribution in [2.75, 3.05) is 41.3 Å². The van der Waals surface area contributed by atoms with E-state index in [4.69, 9.17) is 0 Å². The van der Waals surface area contributed by atoms with Crippen LogP contribution in [0.4, 0.5) is 0 Å². The summed E-state index contributed by atoms with van der Waals surface area (Å²) in [5, 5.41) is 0. The van der Waals surface area contributed by atoms with Crippen LogP contribution in [0.2, 0.25) is 26.2 Å². The molecule has 0 heterocycles. The molecule has 0 aromatic heterocycles. The molecule has 4 aliphatic carbocycles. The van der Waals surface area contributed by atoms with Crippen LogP contribution in [0.1, 0.15) is 54.4 Å². The summed E-state index contributed by atoms with van der Waals surface area (Å²) in [6.07, 6.45) is 25.0. The van der Waals surface area contributed by atoms with E-state index in [-0.39, 0.29) is 58.0 Å². The van der Waals surface area contributed by atoms with Gasteiger partial charge < -0.3 is 19.8 Å². The van der Waals surface area contributed by atoms with Crippen molar-refractivity contribution in [1.82, 2.24) is 19.8 Å². The fourth-order valence-electron chi connectivity index (χ4n) is 6.80. The van der Waals surface area contributed by atoms with Gasteiger partial charge in [-0.15, -0.1) is 0 Å². The van der Waals surface area contributed by atoms with E-state index in [0.717, 1.165) is 25.9 Å². The summed E-state index contributed by atoms with van der Waals surface area (Å²) >= 11 is 0. The molecule has 0 atom stereocenters. The first kappa shape index (κ1) is 41.9. The molecule has 10 radical (unpaired) electrons. The van der Waals surface area contributed by atoms with Crippen LogP contribution in [-0.4, -0.2) is 78.6 Å². The quantitative estimate of drug-likeness (QED) is 0.225. The number of hydrogen-bond donors (Lipinski definition) is 2. The Morgan fingerprint density at radius 2 is 0.822 bits per heavy atom. The topological polar surface area (TPSA) is 30.5 Å². The van der Waals surface area contributed by atoms with Crippen LogP contribution in [-0.2, 0) is 0 Å². The van der Waals surface area contributed by atoms with Gasteiger partial charge in [-0.2, -0.15) is 0 Å². The largest absolute Gasteiger partial charge is 2.00 e. The average molecular weight is 804 g/mol. The van der Waals surface area contributed by atoms with Crippen molar-refractivity contribution < 1.29 is 46.9 Å². The fourth-order valence-corrected chi connectivity index (χ4v) is 13.7. The standard InChI is InChI=1S/2C19H31N2Si.Yb/c2*1-19(2,3)20-22(6,7)18-14-15(12-13-21(4)5)16-10-8-9-11-17(16)18;/h2*8-11,14,20H,12-13H2,1-7H3;/q;;+2. The molecular weight excluding hydrogens is 742 g/mol. The van der Waals surface area contributed by atoms with Crippen LogP contribution in [0, 0.1) is 106 Å². The van der Waals surface area contributed by atoms with Crippen LogP contribution in [0.15, 0.2) is 48.6 Å². The molecule has 2 fully saturated rings. The maximum atomic E-state index is 3.91. The first-order valence-corrected chi connectivity index (χ1v) is 22.4. The van der Waals surface area contributed by atoms with Crippen LogP contribution in [0.5, 0.6) is 0 Å². The Kier molecular flexibility index (Phi) is 15.9. The normalized spacial score (nSPS) is 21.5. The molecule has 0 amide bonds. The van der Waals surface area contributed by atoms with Crippen molar-refractivity contribution in [2.24, 2.45) is 0 Å². The SMILES string of the molecule is CN(C)CC[C]1[CH][C]([Si](C)(C)NC(C)(C)C)[C]2C=CC=C[C]12.CN(C)CC[C]1[CH][C]([Si](C)(C)NC(C)(C)C)[C]2C=CC=C[C]12.[Yb+2]. The Morgan fingerprint density at radius 1 is 0.533 bits per heavy atom. The van der Waals surface area contributed by atoms with E-state index in [1.165, 1.54) is 35.5 Å². The number of nitrogens with one attached hydrogen (secondary N) is 2. The van der Waals surface area contributed by atoms with Crippen molar-refractivity contribution in [1.29, 1.82) is 0 Å². The van der Waals surface area contributed by atoms with Gasteiger partial charge in [0.15, 0.2) is 0 Å². The molecule has 4 nitrogen and oxygen atoms in total. The van der Waals surface area contributed by atoms with E-state index in [1.807, 2.05) is 0 Å². The summed E-state index contributed by atoms with van der Waals surface area (Å²) < 4.78 is 0. The van der Waals surface area contributed by atoms with Crippen molar-refractivity contribution in [3.8, 4) is 0 Å². The Morgan fingerprint density at radius 3 is 1.09 bits per heavy atom. The molecular formula is C38H62N4Si2Yb+2. The van der Waals surface area contributed by atoms with Gasteiger partial charge in [-0.1, -0.05) is 74.8 Å². The predicted molar refractivity (Wildman–Crippen MR) is 198 cm³/mol. The van der Waals surface area contributed by atoms with Gasteiger partial charge in [-0.25, -0.2) is 0 Å².